The van der Waals surface area contributed by atoms with Gasteiger partial charge >= 0.3 is 0 Å². The molecule has 3 nitrogen and oxygen atoms in total. The van der Waals surface area contributed by atoms with Crippen molar-refractivity contribution in [3.8, 4) is 10.8 Å². The normalized spacial score (nSPS) is 10.7. The van der Waals surface area contributed by atoms with Crippen LogP contribution >= 0.6 is 11.3 Å². The number of carbonyl (C=O) groups is 1. The highest BCUT2D eigenvalue weighted by Gasteiger charge is 2.12. The summed E-state index contributed by atoms with van der Waals surface area (Å²) in [5.41, 5.74) is 1.50. The molecule has 100 valence electrons. The van der Waals surface area contributed by atoms with Crippen molar-refractivity contribution < 1.29 is 9.21 Å². The van der Waals surface area contributed by atoms with Crippen molar-refractivity contribution in [1.29, 1.82) is 0 Å². The molecule has 0 aliphatic carbocycles. The van der Waals surface area contributed by atoms with E-state index in [0.717, 1.165) is 27.8 Å². The van der Waals surface area contributed by atoms with Crippen molar-refractivity contribution >= 4 is 17.1 Å². The van der Waals surface area contributed by atoms with Gasteiger partial charge in [-0.15, -0.1) is 11.3 Å². The van der Waals surface area contributed by atoms with E-state index in [2.05, 4.69) is 4.98 Å². The SMILES string of the molecule is Cc1ccc(-c2nc(CC(=O)c3ccccc3)cs2)o1. The molecule has 0 bridgehead atoms. The van der Waals surface area contributed by atoms with Gasteiger partial charge in [-0.25, -0.2) is 4.98 Å². The predicted molar refractivity (Wildman–Crippen MR) is 79.0 cm³/mol. The molecule has 0 amide bonds. The molecule has 0 fully saturated rings. The molecule has 0 saturated carbocycles. The molecule has 20 heavy (non-hydrogen) atoms. The molecule has 4 heteroatoms. The number of benzene rings is 1. The summed E-state index contributed by atoms with van der Waals surface area (Å²) in [6.45, 7) is 1.90. The summed E-state index contributed by atoms with van der Waals surface area (Å²) in [6.07, 6.45) is 0.320. The number of rotatable bonds is 4. The summed E-state index contributed by atoms with van der Waals surface area (Å²) in [4.78, 5) is 16.6. The molecule has 3 rings (SSSR count). The molecule has 0 aliphatic heterocycles. The molecule has 0 radical (unpaired) electrons. The van der Waals surface area contributed by atoms with Crippen LogP contribution in [0, 0.1) is 6.92 Å². The number of aromatic nitrogens is 1. The van der Waals surface area contributed by atoms with E-state index in [1.165, 1.54) is 11.3 Å². The average Bonchev–Trinajstić information content (AvgIpc) is 3.09. The van der Waals surface area contributed by atoms with Crippen molar-refractivity contribution in [2.45, 2.75) is 13.3 Å². The van der Waals surface area contributed by atoms with Crippen LogP contribution < -0.4 is 0 Å². The Morgan fingerprint density at radius 1 is 1.20 bits per heavy atom. The van der Waals surface area contributed by atoms with Gasteiger partial charge in [-0.3, -0.25) is 4.79 Å². The number of nitrogens with zero attached hydrogens (tertiary/aromatic N) is 1. The molecule has 0 aliphatic rings. The van der Waals surface area contributed by atoms with Crippen LogP contribution in [-0.2, 0) is 6.42 Å². The van der Waals surface area contributed by atoms with Crippen molar-refractivity contribution in [3.63, 3.8) is 0 Å². The number of aryl methyl sites for hydroxylation is 1. The number of ketones is 1. The first-order valence-electron chi connectivity index (χ1n) is 6.32. The van der Waals surface area contributed by atoms with Gasteiger partial charge in [0.2, 0.25) is 0 Å². The number of hydrogen-bond donors (Lipinski definition) is 0. The minimum Gasteiger partial charge on any atom is -0.459 e. The summed E-state index contributed by atoms with van der Waals surface area (Å²) in [5.74, 6) is 1.70. The standard InChI is InChI=1S/C16H13NO2S/c1-11-7-8-15(19-11)16-17-13(10-20-16)9-14(18)12-5-3-2-4-6-12/h2-8,10H,9H2,1H3. The number of furan rings is 1. The molecular weight excluding hydrogens is 270 g/mol. The first kappa shape index (κ1) is 12.8. The summed E-state index contributed by atoms with van der Waals surface area (Å²) in [5, 5.41) is 2.72. The van der Waals surface area contributed by atoms with Crippen LogP contribution in [0.2, 0.25) is 0 Å². The number of hydrogen-bond acceptors (Lipinski definition) is 4. The predicted octanol–water partition coefficient (Wildman–Crippen LogP) is 4.14. The fourth-order valence-electron chi connectivity index (χ4n) is 1.94. The van der Waals surface area contributed by atoms with E-state index in [1.807, 2.05) is 54.8 Å². The van der Waals surface area contributed by atoms with Crippen LogP contribution in [0.15, 0.2) is 52.3 Å². The Morgan fingerprint density at radius 2 is 2.00 bits per heavy atom. The highest BCUT2D eigenvalue weighted by atomic mass is 32.1. The van der Waals surface area contributed by atoms with Gasteiger partial charge in [0, 0.05) is 10.9 Å². The molecule has 0 unspecified atom stereocenters. The first-order chi connectivity index (χ1) is 9.72. The van der Waals surface area contributed by atoms with Crippen LogP contribution in [0.1, 0.15) is 21.8 Å². The molecule has 0 spiro atoms. The highest BCUT2D eigenvalue weighted by Crippen LogP contribution is 2.26. The van der Waals surface area contributed by atoms with Gasteiger partial charge in [-0.2, -0.15) is 0 Å². The minimum absolute atomic E-state index is 0.0816. The van der Waals surface area contributed by atoms with Crippen molar-refractivity contribution in [1.82, 2.24) is 4.98 Å². The third-order valence-electron chi connectivity index (χ3n) is 2.94. The quantitative estimate of drug-likeness (QED) is 0.676. The van der Waals surface area contributed by atoms with Crippen LogP contribution in [-0.4, -0.2) is 10.8 Å². The Morgan fingerprint density at radius 3 is 2.70 bits per heavy atom. The van der Waals surface area contributed by atoms with Crippen LogP contribution in [0.3, 0.4) is 0 Å². The maximum absolute atomic E-state index is 12.1. The lowest BCUT2D eigenvalue weighted by molar-refractivity contribution is 0.0992. The van der Waals surface area contributed by atoms with Gasteiger partial charge in [-0.1, -0.05) is 30.3 Å². The zero-order chi connectivity index (χ0) is 13.9. The third kappa shape index (κ3) is 2.70. The van der Waals surface area contributed by atoms with Crippen molar-refractivity contribution in [2.24, 2.45) is 0 Å². The Hall–Kier alpha value is -2.20. The van der Waals surface area contributed by atoms with Gasteiger partial charge in [0.15, 0.2) is 16.6 Å². The molecule has 2 aromatic heterocycles. The van der Waals surface area contributed by atoms with Gasteiger partial charge in [0.05, 0.1) is 12.1 Å². The molecule has 0 saturated heterocycles. The van der Waals surface area contributed by atoms with E-state index in [9.17, 15) is 4.79 Å². The Kier molecular flexibility index (Phi) is 3.48. The summed E-state index contributed by atoms with van der Waals surface area (Å²) in [7, 11) is 0. The maximum Gasteiger partial charge on any atom is 0.168 e. The topological polar surface area (TPSA) is 43.1 Å². The van der Waals surface area contributed by atoms with Gasteiger partial charge in [0.25, 0.3) is 0 Å². The molecular formula is C16H13NO2S. The summed E-state index contributed by atoms with van der Waals surface area (Å²) >= 11 is 1.50. The van der Waals surface area contributed by atoms with Crippen LogP contribution in [0.5, 0.6) is 0 Å². The third-order valence-corrected chi connectivity index (χ3v) is 3.85. The van der Waals surface area contributed by atoms with E-state index < -0.39 is 0 Å². The largest absolute Gasteiger partial charge is 0.459 e. The van der Waals surface area contributed by atoms with E-state index in [1.54, 1.807) is 0 Å². The second kappa shape index (κ2) is 5.43. The smallest absolute Gasteiger partial charge is 0.168 e. The Balaban J connectivity index is 1.76. The molecule has 0 atom stereocenters. The second-order valence-electron chi connectivity index (χ2n) is 4.52. The number of Topliss-reactive ketones (excluding diaryl/α,β-unsaturated/α-hetero) is 1. The van der Waals surface area contributed by atoms with E-state index in [0.29, 0.717) is 6.42 Å². The van der Waals surface area contributed by atoms with Gasteiger partial charge in [0.1, 0.15) is 5.76 Å². The lowest BCUT2D eigenvalue weighted by atomic mass is 10.1. The van der Waals surface area contributed by atoms with Crippen molar-refractivity contribution in [2.75, 3.05) is 0 Å². The lowest BCUT2D eigenvalue weighted by Crippen LogP contribution is -2.03. The zero-order valence-corrected chi connectivity index (χ0v) is 11.8. The van der Waals surface area contributed by atoms with E-state index in [-0.39, 0.29) is 5.78 Å². The summed E-state index contributed by atoms with van der Waals surface area (Å²) in [6, 6.07) is 13.1. The molecule has 2 heterocycles. The first-order valence-corrected chi connectivity index (χ1v) is 7.20. The highest BCUT2D eigenvalue weighted by molar-refractivity contribution is 7.13. The number of carbonyl (C=O) groups excluding carboxylic acids is 1. The van der Waals surface area contributed by atoms with Gasteiger partial charge < -0.3 is 4.42 Å². The average molecular weight is 283 g/mol. The molecule has 0 N–H and O–H groups in total. The van der Waals surface area contributed by atoms with Crippen molar-refractivity contribution in [3.05, 3.63) is 64.9 Å². The van der Waals surface area contributed by atoms with E-state index >= 15 is 0 Å². The molecule has 1 aromatic carbocycles. The Bertz CT molecular complexity index is 728. The lowest BCUT2D eigenvalue weighted by Gasteiger charge is -1.97. The fraction of sp³-hybridized carbons (Fsp3) is 0.125. The van der Waals surface area contributed by atoms with E-state index in [4.69, 9.17) is 4.42 Å². The van der Waals surface area contributed by atoms with Crippen LogP contribution in [0.4, 0.5) is 0 Å². The maximum atomic E-state index is 12.1. The Labute approximate surface area is 120 Å². The van der Waals surface area contributed by atoms with Crippen LogP contribution in [0.25, 0.3) is 10.8 Å². The second-order valence-corrected chi connectivity index (χ2v) is 5.38. The number of thiazole rings is 1. The monoisotopic (exact) mass is 283 g/mol. The summed E-state index contributed by atoms with van der Waals surface area (Å²) < 4.78 is 5.54. The zero-order valence-electron chi connectivity index (χ0n) is 11.0. The van der Waals surface area contributed by atoms with Gasteiger partial charge in [-0.05, 0) is 19.1 Å². The fourth-order valence-corrected chi connectivity index (χ4v) is 2.72. The minimum atomic E-state index is 0.0816. The molecule has 3 aromatic rings.